The summed E-state index contributed by atoms with van der Waals surface area (Å²) >= 11 is 0. The molecule has 0 aliphatic heterocycles. The maximum absolute atomic E-state index is 12.7. The van der Waals surface area contributed by atoms with Crippen molar-refractivity contribution in [1.82, 2.24) is 19.1 Å². The predicted octanol–water partition coefficient (Wildman–Crippen LogP) is 5.24. The normalized spacial score (nSPS) is 28.2. The van der Waals surface area contributed by atoms with Crippen molar-refractivity contribution in [2.45, 2.75) is 79.2 Å². The van der Waals surface area contributed by atoms with Crippen molar-refractivity contribution in [2.24, 2.45) is 29.7 Å². The number of nitrogen functional groups attached to an aromatic ring is 1. The standard InChI is InChI=1S/C26H39N5O/c1-17(12-15-31-21-22(27)28-16-29-23(21)30(6)24(31)32)8-10-19-18(2)9-11-20-25(3,4)13-7-14-26(19,20)5/h12,16,19-20H,2,7-11,13-15H2,1,3-6H3,(H2,27,28,29). The van der Waals surface area contributed by atoms with Crippen LogP contribution in [0.1, 0.15) is 72.6 Å². The van der Waals surface area contributed by atoms with Gasteiger partial charge in [0.05, 0.1) is 0 Å². The van der Waals surface area contributed by atoms with E-state index in [2.05, 4.69) is 50.3 Å². The minimum Gasteiger partial charge on any atom is -0.382 e. The molecule has 3 unspecified atom stereocenters. The zero-order chi connectivity index (χ0) is 23.3. The molecule has 2 saturated carbocycles. The highest BCUT2D eigenvalue weighted by Crippen LogP contribution is 2.61. The highest BCUT2D eigenvalue weighted by Gasteiger charge is 2.52. The molecule has 2 aromatic heterocycles. The monoisotopic (exact) mass is 437 g/mol. The molecule has 2 heterocycles. The number of aryl methyl sites for hydroxylation is 1. The predicted molar refractivity (Wildman–Crippen MR) is 131 cm³/mol. The first kappa shape index (κ1) is 22.8. The maximum Gasteiger partial charge on any atom is 0.330 e. The number of imidazole rings is 1. The first-order chi connectivity index (χ1) is 15.1. The number of hydrogen-bond donors (Lipinski definition) is 1. The number of allylic oxidation sites excluding steroid dienone is 3. The van der Waals surface area contributed by atoms with Gasteiger partial charge in [0, 0.05) is 13.6 Å². The third-order valence-corrected chi connectivity index (χ3v) is 8.71. The summed E-state index contributed by atoms with van der Waals surface area (Å²) in [6.45, 7) is 14.7. The molecule has 0 amide bonds. The van der Waals surface area contributed by atoms with Crippen molar-refractivity contribution in [1.29, 1.82) is 0 Å². The summed E-state index contributed by atoms with van der Waals surface area (Å²) in [5.74, 6) is 1.70. The van der Waals surface area contributed by atoms with Gasteiger partial charge in [0.2, 0.25) is 0 Å². The fourth-order valence-corrected chi connectivity index (χ4v) is 6.95. The zero-order valence-electron chi connectivity index (χ0n) is 20.4. The number of fused-ring (bicyclic) bond motifs is 2. The van der Waals surface area contributed by atoms with Crippen LogP contribution >= 0.6 is 0 Å². The lowest BCUT2D eigenvalue weighted by Crippen LogP contribution is -2.49. The molecule has 2 aromatic rings. The smallest absolute Gasteiger partial charge is 0.330 e. The number of rotatable bonds is 5. The van der Waals surface area contributed by atoms with Gasteiger partial charge in [0.25, 0.3) is 0 Å². The highest BCUT2D eigenvalue weighted by atomic mass is 16.1. The van der Waals surface area contributed by atoms with Crippen LogP contribution in [0, 0.1) is 22.7 Å². The van der Waals surface area contributed by atoms with E-state index in [0.29, 0.717) is 40.3 Å². The molecule has 0 saturated heterocycles. The van der Waals surface area contributed by atoms with Gasteiger partial charge in [-0.1, -0.05) is 51.0 Å². The lowest BCUT2D eigenvalue weighted by atomic mass is 9.47. The van der Waals surface area contributed by atoms with Crippen LogP contribution in [0.15, 0.2) is 34.9 Å². The zero-order valence-corrected chi connectivity index (χ0v) is 20.4. The summed E-state index contributed by atoms with van der Waals surface area (Å²) in [6, 6.07) is 0. The van der Waals surface area contributed by atoms with E-state index in [1.54, 1.807) is 11.6 Å². The van der Waals surface area contributed by atoms with E-state index >= 15 is 0 Å². The van der Waals surface area contributed by atoms with E-state index in [1.807, 2.05) is 0 Å². The Bertz CT molecular complexity index is 1120. The molecule has 0 radical (unpaired) electrons. The minimum absolute atomic E-state index is 0.114. The van der Waals surface area contributed by atoms with Gasteiger partial charge < -0.3 is 5.73 Å². The van der Waals surface area contributed by atoms with Crippen molar-refractivity contribution in [3.8, 4) is 0 Å². The Morgan fingerprint density at radius 3 is 2.81 bits per heavy atom. The molecular weight excluding hydrogens is 398 g/mol. The molecule has 0 bridgehead atoms. The van der Waals surface area contributed by atoms with Crippen LogP contribution in [0.5, 0.6) is 0 Å². The van der Waals surface area contributed by atoms with Crippen LogP contribution < -0.4 is 11.4 Å². The van der Waals surface area contributed by atoms with Gasteiger partial charge in [-0.05, 0) is 68.1 Å². The summed E-state index contributed by atoms with van der Waals surface area (Å²) in [6.07, 6.45) is 12.2. The number of hydrogen-bond acceptors (Lipinski definition) is 4. The average molecular weight is 438 g/mol. The van der Waals surface area contributed by atoms with Crippen LogP contribution in [0.25, 0.3) is 11.2 Å². The second-order valence-electron chi connectivity index (χ2n) is 11.1. The van der Waals surface area contributed by atoms with Gasteiger partial charge in [-0.15, -0.1) is 0 Å². The Morgan fingerprint density at radius 2 is 2.06 bits per heavy atom. The van der Waals surface area contributed by atoms with E-state index in [0.717, 1.165) is 18.8 Å². The molecule has 0 spiro atoms. The van der Waals surface area contributed by atoms with Crippen LogP contribution in [0.2, 0.25) is 0 Å². The second kappa shape index (κ2) is 8.20. The Hall–Kier alpha value is -2.37. The van der Waals surface area contributed by atoms with E-state index < -0.39 is 0 Å². The van der Waals surface area contributed by atoms with E-state index in [4.69, 9.17) is 5.73 Å². The summed E-state index contributed by atoms with van der Waals surface area (Å²) in [4.78, 5) is 21.0. The summed E-state index contributed by atoms with van der Waals surface area (Å²) < 4.78 is 3.21. The lowest BCUT2D eigenvalue weighted by Gasteiger charge is -2.58. The van der Waals surface area contributed by atoms with Crippen molar-refractivity contribution in [2.75, 3.05) is 5.73 Å². The van der Waals surface area contributed by atoms with Crippen LogP contribution in [0.4, 0.5) is 5.82 Å². The molecule has 6 heteroatoms. The molecule has 32 heavy (non-hydrogen) atoms. The average Bonchev–Trinajstić information content (AvgIpc) is 2.96. The second-order valence-corrected chi connectivity index (χ2v) is 11.1. The molecule has 174 valence electrons. The Labute approximate surface area is 191 Å². The van der Waals surface area contributed by atoms with Gasteiger partial charge in [-0.25, -0.2) is 14.8 Å². The summed E-state index contributed by atoms with van der Waals surface area (Å²) in [5.41, 5.74) is 10.7. The van der Waals surface area contributed by atoms with Crippen LogP contribution in [-0.2, 0) is 13.6 Å². The minimum atomic E-state index is -0.114. The third kappa shape index (κ3) is 3.71. The SMILES string of the molecule is C=C1CCC2C(C)(C)CCCC2(C)C1CCC(C)=CCn1c(=O)n(C)c2ncnc(N)c21. The topological polar surface area (TPSA) is 78.7 Å². The van der Waals surface area contributed by atoms with Gasteiger partial charge in [0.15, 0.2) is 11.5 Å². The molecule has 2 aliphatic carbocycles. The first-order valence-corrected chi connectivity index (χ1v) is 12.1. The maximum atomic E-state index is 12.7. The molecule has 3 atom stereocenters. The van der Waals surface area contributed by atoms with Gasteiger partial charge in [-0.2, -0.15) is 0 Å². The molecule has 6 nitrogen and oxygen atoms in total. The van der Waals surface area contributed by atoms with E-state index in [1.165, 1.54) is 54.1 Å². The summed E-state index contributed by atoms with van der Waals surface area (Å²) in [5, 5.41) is 0. The Kier molecular flexibility index (Phi) is 5.84. The highest BCUT2D eigenvalue weighted by molar-refractivity contribution is 5.82. The quantitative estimate of drug-likeness (QED) is 0.649. The Balaban J connectivity index is 1.51. The molecule has 2 fully saturated rings. The fraction of sp³-hybridized carbons (Fsp3) is 0.654. The van der Waals surface area contributed by atoms with Crippen LogP contribution in [-0.4, -0.2) is 19.1 Å². The van der Waals surface area contributed by atoms with Gasteiger partial charge >= 0.3 is 5.69 Å². The lowest BCUT2D eigenvalue weighted by molar-refractivity contribution is -0.0539. The van der Waals surface area contributed by atoms with Crippen molar-refractivity contribution >= 4 is 17.0 Å². The number of aromatic nitrogens is 4. The van der Waals surface area contributed by atoms with Crippen LogP contribution in [0.3, 0.4) is 0 Å². The number of nitrogens with two attached hydrogens (primary N) is 1. The van der Waals surface area contributed by atoms with Gasteiger partial charge in [0.1, 0.15) is 11.8 Å². The third-order valence-electron chi connectivity index (χ3n) is 8.71. The van der Waals surface area contributed by atoms with Gasteiger partial charge in [-0.3, -0.25) is 9.13 Å². The molecule has 4 rings (SSSR count). The molecule has 0 aromatic carbocycles. The van der Waals surface area contributed by atoms with E-state index in [9.17, 15) is 4.79 Å². The van der Waals surface area contributed by atoms with E-state index in [-0.39, 0.29) is 5.69 Å². The first-order valence-electron chi connectivity index (χ1n) is 12.1. The molecule has 2 aliphatic rings. The fourth-order valence-electron chi connectivity index (χ4n) is 6.95. The van der Waals surface area contributed by atoms with Crippen molar-refractivity contribution < 1.29 is 0 Å². The van der Waals surface area contributed by atoms with Crippen molar-refractivity contribution in [3.05, 3.63) is 40.6 Å². The Morgan fingerprint density at radius 1 is 1.31 bits per heavy atom. The summed E-state index contributed by atoms with van der Waals surface area (Å²) in [7, 11) is 1.72. The molecule has 2 N–H and O–H groups in total. The largest absolute Gasteiger partial charge is 0.382 e. The molecular formula is C26H39N5O. The number of nitrogens with zero attached hydrogens (tertiary/aromatic N) is 4. The van der Waals surface area contributed by atoms with Crippen molar-refractivity contribution in [3.63, 3.8) is 0 Å². The number of anilines is 1.